The van der Waals surface area contributed by atoms with Crippen molar-refractivity contribution in [3.8, 4) is 0 Å². The van der Waals surface area contributed by atoms with Gasteiger partial charge in [0.2, 0.25) is 5.91 Å². The summed E-state index contributed by atoms with van der Waals surface area (Å²) in [5.74, 6) is 0.959. The number of carbonyl (C=O) groups excluding carboxylic acids is 1. The number of nitrogens with one attached hydrogen (secondary N) is 2. The SMILES string of the molecule is Cl.Cl.O=C(CN1CCNCC1)NCC1CCC1. The van der Waals surface area contributed by atoms with E-state index in [0.29, 0.717) is 6.54 Å². The van der Waals surface area contributed by atoms with Crippen LogP contribution in [-0.4, -0.2) is 50.1 Å². The molecular weight excluding hydrogens is 261 g/mol. The van der Waals surface area contributed by atoms with Crippen molar-refractivity contribution < 1.29 is 4.79 Å². The smallest absolute Gasteiger partial charge is 0.234 e. The molecule has 1 aliphatic heterocycles. The van der Waals surface area contributed by atoms with Gasteiger partial charge in [0.05, 0.1) is 6.54 Å². The third-order valence-electron chi connectivity index (χ3n) is 3.39. The van der Waals surface area contributed by atoms with Gasteiger partial charge in [-0.05, 0) is 18.8 Å². The zero-order chi connectivity index (χ0) is 10.5. The average Bonchev–Trinajstić information content (AvgIpc) is 2.17. The second-order valence-corrected chi connectivity index (χ2v) is 4.63. The Kier molecular flexibility index (Phi) is 8.96. The fourth-order valence-corrected chi connectivity index (χ4v) is 2.08. The van der Waals surface area contributed by atoms with Crippen LogP contribution in [0.25, 0.3) is 0 Å². The summed E-state index contributed by atoms with van der Waals surface area (Å²) in [6, 6.07) is 0. The van der Waals surface area contributed by atoms with E-state index in [9.17, 15) is 4.79 Å². The van der Waals surface area contributed by atoms with E-state index < -0.39 is 0 Å². The van der Waals surface area contributed by atoms with Crippen LogP contribution < -0.4 is 10.6 Å². The number of piperazine rings is 1. The summed E-state index contributed by atoms with van der Waals surface area (Å²) < 4.78 is 0. The molecule has 0 aromatic carbocycles. The first kappa shape index (κ1) is 17.0. The van der Waals surface area contributed by atoms with Crippen molar-refractivity contribution in [2.75, 3.05) is 39.3 Å². The number of nitrogens with zero attached hydrogens (tertiary/aromatic N) is 1. The Labute approximate surface area is 116 Å². The van der Waals surface area contributed by atoms with Gasteiger partial charge in [0.1, 0.15) is 0 Å². The highest BCUT2D eigenvalue weighted by Gasteiger charge is 2.19. The second kappa shape index (κ2) is 8.97. The Hall–Kier alpha value is -0.0300. The third-order valence-corrected chi connectivity index (χ3v) is 3.39. The number of hydrogen-bond acceptors (Lipinski definition) is 3. The Balaban J connectivity index is 0.00000128. The first-order valence-corrected chi connectivity index (χ1v) is 6.04. The Bertz CT molecular complexity index is 219. The molecule has 102 valence electrons. The van der Waals surface area contributed by atoms with Crippen molar-refractivity contribution in [2.45, 2.75) is 19.3 Å². The maximum Gasteiger partial charge on any atom is 0.234 e. The van der Waals surface area contributed by atoms with Gasteiger partial charge >= 0.3 is 0 Å². The van der Waals surface area contributed by atoms with Crippen molar-refractivity contribution in [3.05, 3.63) is 0 Å². The van der Waals surface area contributed by atoms with E-state index in [0.717, 1.165) is 38.6 Å². The lowest BCUT2D eigenvalue weighted by atomic mass is 9.85. The van der Waals surface area contributed by atoms with Crippen LogP contribution in [0.1, 0.15) is 19.3 Å². The van der Waals surface area contributed by atoms with Gasteiger partial charge in [0.15, 0.2) is 0 Å². The monoisotopic (exact) mass is 283 g/mol. The van der Waals surface area contributed by atoms with E-state index in [1.165, 1.54) is 19.3 Å². The van der Waals surface area contributed by atoms with Gasteiger partial charge in [0, 0.05) is 32.7 Å². The maximum atomic E-state index is 11.6. The molecule has 1 aliphatic carbocycles. The predicted molar refractivity (Wildman–Crippen MR) is 74.2 cm³/mol. The van der Waals surface area contributed by atoms with Crippen LogP contribution in [0.4, 0.5) is 0 Å². The molecule has 0 aromatic rings. The van der Waals surface area contributed by atoms with Crippen LogP contribution in [0.2, 0.25) is 0 Å². The van der Waals surface area contributed by atoms with Gasteiger partial charge in [-0.2, -0.15) is 0 Å². The summed E-state index contributed by atoms with van der Waals surface area (Å²) in [7, 11) is 0. The molecule has 0 bridgehead atoms. The summed E-state index contributed by atoms with van der Waals surface area (Å²) in [5, 5.41) is 6.31. The molecule has 0 radical (unpaired) electrons. The minimum atomic E-state index is 0. The number of rotatable bonds is 4. The summed E-state index contributed by atoms with van der Waals surface area (Å²) in [6.45, 7) is 5.48. The molecule has 0 spiro atoms. The molecule has 1 amide bonds. The molecule has 0 atom stereocenters. The Morgan fingerprint density at radius 1 is 1.24 bits per heavy atom. The predicted octanol–water partition coefficient (Wildman–Crippen LogP) is 0.651. The van der Waals surface area contributed by atoms with E-state index >= 15 is 0 Å². The molecule has 17 heavy (non-hydrogen) atoms. The Morgan fingerprint density at radius 3 is 2.41 bits per heavy atom. The van der Waals surface area contributed by atoms with Gasteiger partial charge in [-0.1, -0.05) is 6.42 Å². The normalized spacial score (nSPS) is 20.7. The van der Waals surface area contributed by atoms with E-state index in [2.05, 4.69) is 15.5 Å². The molecule has 1 saturated carbocycles. The molecule has 0 aromatic heterocycles. The van der Waals surface area contributed by atoms with Crippen LogP contribution in [0.5, 0.6) is 0 Å². The number of carbonyl (C=O) groups is 1. The first-order valence-electron chi connectivity index (χ1n) is 6.04. The van der Waals surface area contributed by atoms with E-state index in [4.69, 9.17) is 0 Å². The van der Waals surface area contributed by atoms with Gasteiger partial charge in [-0.15, -0.1) is 24.8 Å². The fraction of sp³-hybridized carbons (Fsp3) is 0.909. The van der Waals surface area contributed by atoms with Crippen LogP contribution in [-0.2, 0) is 4.79 Å². The average molecular weight is 284 g/mol. The lowest BCUT2D eigenvalue weighted by Gasteiger charge is -2.28. The van der Waals surface area contributed by atoms with Gasteiger partial charge in [-0.3, -0.25) is 9.69 Å². The highest BCUT2D eigenvalue weighted by atomic mass is 35.5. The van der Waals surface area contributed by atoms with E-state index in [-0.39, 0.29) is 30.7 Å². The van der Waals surface area contributed by atoms with Gasteiger partial charge < -0.3 is 10.6 Å². The highest BCUT2D eigenvalue weighted by molar-refractivity contribution is 5.85. The number of amides is 1. The summed E-state index contributed by atoms with van der Waals surface area (Å²) in [5.41, 5.74) is 0. The molecule has 1 saturated heterocycles. The van der Waals surface area contributed by atoms with Crippen molar-refractivity contribution in [3.63, 3.8) is 0 Å². The second-order valence-electron chi connectivity index (χ2n) is 4.63. The molecule has 2 fully saturated rings. The van der Waals surface area contributed by atoms with Crippen LogP contribution in [0, 0.1) is 5.92 Å². The molecule has 4 nitrogen and oxygen atoms in total. The lowest BCUT2D eigenvalue weighted by molar-refractivity contribution is -0.122. The summed E-state index contributed by atoms with van der Waals surface area (Å²) in [6.07, 6.45) is 3.94. The minimum Gasteiger partial charge on any atom is -0.355 e. The molecule has 2 N–H and O–H groups in total. The van der Waals surface area contributed by atoms with Crippen molar-refractivity contribution in [1.29, 1.82) is 0 Å². The molecule has 1 heterocycles. The van der Waals surface area contributed by atoms with E-state index in [1.807, 2.05) is 0 Å². The molecule has 2 aliphatic rings. The van der Waals surface area contributed by atoms with E-state index in [1.54, 1.807) is 0 Å². The van der Waals surface area contributed by atoms with Crippen LogP contribution >= 0.6 is 24.8 Å². The third kappa shape index (κ3) is 5.91. The number of hydrogen-bond donors (Lipinski definition) is 2. The van der Waals surface area contributed by atoms with Crippen LogP contribution in [0.3, 0.4) is 0 Å². The largest absolute Gasteiger partial charge is 0.355 e. The minimum absolute atomic E-state index is 0. The standard InChI is InChI=1S/C11H21N3O.2ClH/c15-11(13-8-10-2-1-3-10)9-14-6-4-12-5-7-14;;/h10,12H,1-9H2,(H,13,15);2*1H. The van der Waals surface area contributed by atoms with Gasteiger partial charge in [0.25, 0.3) is 0 Å². The molecule has 0 unspecified atom stereocenters. The lowest BCUT2D eigenvalue weighted by Crippen LogP contribution is -2.48. The molecule has 2 rings (SSSR count). The van der Waals surface area contributed by atoms with Crippen molar-refractivity contribution in [2.24, 2.45) is 5.92 Å². The van der Waals surface area contributed by atoms with Crippen LogP contribution in [0.15, 0.2) is 0 Å². The molecule has 6 heteroatoms. The molecular formula is C11H23Cl2N3O. The van der Waals surface area contributed by atoms with Crippen molar-refractivity contribution in [1.82, 2.24) is 15.5 Å². The Morgan fingerprint density at radius 2 is 1.88 bits per heavy atom. The van der Waals surface area contributed by atoms with Crippen molar-refractivity contribution >= 4 is 30.7 Å². The zero-order valence-corrected chi connectivity index (χ0v) is 11.7. The summed E-state index contributed by atoms with van der Waals surface area (Å²) >= 11 is 0. The highest BCUT2D eigenvalue weighted by Crippen LogP contribution is 2.24. The maximum absolute atomic E-state index is 11.6. The topological polar surface area (TPSA) is 44.4 Å². The summed E-state index contributed by atoms with van der Waals surface area (Å²) in [4.78, 5) is 13.8. The fourth-order valence-electron chi connectivity index (χ4n) is 2.08. The first-order chi connectivity index (χ1) is 7.34. The van der Waals surface area contributed by atoms with Gasteiger partial charge in [-0.25, -0.2) is 0 Å². The zero-order valence-electron chi connectivity index (χ0n) is 10.1. The number of halogens is 2. The quantitative estimate of drug-likeness (QED) is 0.797.